The second kappa shape index (κ2) is 7.92. The van der Waals surface area contributed by atoms with Crippen molar-refractivity contribution in [2.24, 2.45) is 0 Å². The van der Waals surface area contributed by atoms with Gasteiger partial charge in [-0.05, 0) is 70.7 Å². The van der Waals surface area contributed by atoms with Gasteiger partial charge in [0, 0.05) is 36.3 Å². The highest BCUT2D eigenvalue weighted by Gasteiger charge is 2.18. The molecule has 0 unspecified atom stereocenters. The average molecular weight is 419 g/mol. The standard InChI is InChI=1S/C29H26N2O/c32-29(30-27-15-14-23-13-12-22-6-3-7-26(27)28(22)23)24-10-8-20(9-11-24)18-31-17-16-21-4-1-2-5-25(21)19-31/h1-11,14-15H,12-13,16-19H2,(H,30,32). The fourth-order valence-corrected chi connectivity index (χ4v) is 5.26. The lowest BCUT2D eigenvalue weighted by molar-refractivity contribution is 0.102. The van der Waals surface area contributed by atoms with E-state index in [1.54, 1.807) is 0 Å². The number of carbonyl (C=O) groups is 1. The normalized spacial score (nSPS) is 15.0. The molecule has 158 valence electrons. The van der Waals surface area contributed by atoms with Gasteiger partial charge in [-0.15, -0.1) is 0 Å². The maximum Gasteiger partial charge on any atom is 0.255 e. The van der Waals surface area contributed by atoms with Gasteiger partial charge in [-0.2, -0.15) is 0 Å². The van der Waals surface area contributed by atoms with E-state index in [-0.39, 0.29) is 5.91 Å². The molecule has 2 aliphatic rings. The van der Waals surface area contributed by atoms with Crippen LogP contribution in [0.3, 0.4) is 0 Å². The number of nitrogens with one attached hydrogen (secondary N) is 1. The smallest absolute Gasteiger partial charge is 0.255 e. The summed E-state index contributed by atoms with van der Waals surface area (Å²) < 4.78 is 0. The van der Waals surface area contributed by atoms with Gasteiger partial charge in [0.2, 0.25) is 0 Å². The second-order valence-electron chi connectivity index (χ2n) is 8.99. The minimum Gasteiger partial charge on any atom is -0.321 e. The average Bonchev–Trinajstić information content (AvgIpc) is 3.26. The minimum atomic E-state index is -0.0536. The summed E-state index contributed by atoms with van der Waals surface area (Å²) in [4.78, 5) is 15.4. The third-order valence-electron chi connectivity index (χ3n) is 6.96. The number of nitrogens with zero attached hydrogens (tertiary/aromatic N) is 1. The maximum atomic E-state index is 13.0. The zero-order valence-corrected chi connectivity index (χ0v) is 18.1. The molecule has 1 heterocycles. The Morgan fingerprint density at radius 2 is 1.50 bits per heavy atom. The van der Waals surface area contributed by atoms with E-state index in [9.17, 15) is 4.79 Å². The van der Waals surface area contributed by atoms with Crippen LogP contribution in [0.5, 0.6) is 0 Å². The van der Waals surface area contributed by atoms with Crippen LogP contribution >= 0.6 is 0 Å². The van der Waals surface area contributed by atoms with Gasteiger partial charge in [-0.3, -0.25) is 9.69 Å². The summed E-state index contributed by atoms with van der Waals surface area (Å²) in [5, 5.41) is 5.61. The van der Waals surface area contributed by atoms with Crippen LogP contribution in [0, 0.1) is 0 Å². The molecule has 1 amide bonds. The fraction of sp³-hybridized carbons (Fsp3) is 0.207. The number of hydrogen-bond donors (Lipinski definition) is 1. The molecule has 6 rings (SSSR count). The number of rotatable bonds is 4. The van der Waals surface area contributed by atoms with Gasteiger partial charge in [-0.1, -0.05) is 60.7 Å². The highest BCUT2D eigenvalue weighted by Crippen LogP contribution is 2.35. The van der Waals surface area contributed by atoms with Crippen molar-refractivity contribution in [3.05, 3.63) is 112 Å². The van der Waals surface area contributed by atoms with E-state index in [0.29, 0.717) is 5.56 Å². The Morgan fingerprint density at radius 3 is 2.34 bits per heavy atom. The molecule has 0 spiro atoms. The molecule has 3 nitrogen and oxygen atoms in total. The van der Waals surface area contributed by atoms with E-state index in [2.05, 4.69) is 70.9 Å². The molecule has 4 aromatic rings. The largest absolute Gasteiger partial charge is 0.321 e. The number of amides is 1. The van der Waals surface area contributed by atoms with Crippen LogP contribution in [0.2, 0.25) is 0 Å². The summed E-state index contributed by atoms with van der Waals surface area (Å²) in [6.45, 7) is 2.97. The Labute approximate surface area is 188 Å². The topological polar surface area (TPSA) is 32.3 Å². The molecule has 3 heteroatoms. The summed E-state index contributed by atoms with van der Waals surface area (Å²) in [5.41, 5.74) is 8.51. The first kappa shape index (κ1) is 19.3. The lowest BCUT2D eigenvalue weighted by atomic mass is 9.99. The van der Waals surface area contributed by atoms with Crippen molar-refractivity contribution >= 4 is 22.4 Å². The third-order valence-corrected chi connectivity index (χ3v) is 6.96. The lowest BCUT2D eigenvalue weighted by Gasteiger charge is -2.28. The van der Waals surface area contributed by atoms with E-state index in [1.807, 2.05) is 18.2 Å². The van der Waals surface area contributed by atoms with Gasteiger partial charge in [0.15, 0.2) is 0 Å². The zero-order chi connectivity index (χ0) is 21.5. The number of anilines is 1. The molecule has 1 aliphatic carbocycles. The molecule has 0 fully saturated rings. The van der Waals surface area contributed by atoms with Crippen LogP contribution in [0.1, 0.15) is 38.2 Å². The van der Waals surface area contributed by atoms with E-state index in [0.717, 1.165) is 50.0 Å². The Balaban J connectivity index is 1.16. The number of fused-ring (bicyclic) bond motifs is 1. The third kappa shape index (κ3) is 3.49. The molecule has 0 radical (unpaired) electrons. The number of carbonyl (C=O) groups excluding carboxylic acids is 1. The fourth-order valence-electron chi connectivity index (χ4n) is 5.26. The van der Waals surface area contributed by atoms with Crippen molar-refractivity contribution in [1.29, 1.82) is 0 Å². The van der Waals surface area contributed by atoms with Crippen molar-refractivity contribution in [1.82, 2.24) is 4.90 Å². The zero-order valence-electron chi connectivity index (χ0n) is 18.1. The molecular weight excluding hydrogens is 392 g/mol. The van der Waals surface area contributed by atoms with Crippen molar-refractivity contribution in [2.75, 3.05) is 11.9 Å². The van der Waals surface area contributed by atoms with Crippen molar-refractivity contribution < 1.29 is 4.79 Å². The number of benzene rings is 4. The molecule has 0 saturated carbocycles. The van der Waals surface area contributed by atoms with Crippen LogP contribution in [0.15, 0.2) is 78.9 Å². The second-order valence-corrected chi connectivity index (χ2v) is 8.99. The Kier molecular flexibility index (Phi) is 4.77. The van der Waals surface area contributed by atoms with E-state index >= 15 is 0 Å². The first-order chi connectivity index (χ1) is 15.7. The quantitative estimate of drug-likeness (QED) is 0.458. The first-order valence-electron chi connectivity index (χ1n) is 11.5. The molecule has 1 aliphatic heterocycles. The van der Waals surface area contributed by atoms with Gasteiger partial charge >= 0.3 is 0 Å². The summed E-state index contributed by atoms with van der Waals surface area (Å²) >= 11 is 0. The minimum absolute atomic E-state index is 0.0536. The van der Waals surface area contributed by atoms with Crippen LogP contribution in [0.4, 0.5) is 5.69 Å². The maximum absolute atomic E-state index is 13.0. The SMILES string of the molecule is O=C(Nc1ccc2c3c(cccc13)CC2)c1ccc(CN2CCc3ccccc3C2)cc1. The summed E-state index contributed by atoms with van der Waals surface area (Å²) in [7, 11) is 0. The molecule has 0 saturated heterocycles. The Bertz CT molecular complexity index is 1310. The van der Waals surface area contributed by atoms with Crippen molar-refractivity contribution in [3.63, 3.8) is 0 Å². The Morgan fingerprint density at radius 1 is 0.750 bits per heavy atom. The molecule has 4 aromatic carbocycles. The van der Waals surface area contributed by atoms with E-state index in [1.165, 1.54) is 33.2 Å². The van der Waals surface area contributed by atoms with Crippen LogP contribution in [-0.2, 0) is 32.4 Å². The van der Waals surface area contributed by atoms with Gasteiger partial charge < -0.3 is 5.32 Å². The predicted octanol–water partition coefficient (Wildman–Crippen LogP) is 5.75. The van der Waals surface area contributed by atoms with Crippen LogP contribution < -0.4 is 5.32 Å². The molecule has 0 atom stereocenters. The first-order valence-corrected chi connectivity index (χ1v) is 11.5. The number of hydrogen-bond acceptors (Lipinski definition) is 2. The molecule has 1 N–H and O–H groups in total. The van der Waals surface area contributed by atoms with Crippen LogP contribution in [-0.4, -0.2) is 17.4 Å². The van der Waals surface area contributed by atoms with E-state index < -0.39 is 0 Å². The summed E-state index contributed by atoms with van der Waals surface area (Å²) in [6, 6.07) is 27.4. The van der Waals surface area contributed by atoms with Crippen LogP contribution in [0.25, 0.3) is 10.8 Å². The highest BCUT2D eigenvalue weighted by atomic mass is 16.1. The van der Waals surface area contributed by atoms with Gasteiger partial charge in [-0.25, -0.2) is 0 Å². The van der Waals surface area contributed by atoms with Crippen molar-refractivity contribution in [3.8, 4) is 0 Å². The lowest BCUT2D eigenvalue weighted by Crippen LogP contribution is -2.29. The molecule has 0 aromatic heterocycles. The van der Waals surface area contributed by atoms with Crippen molar-refractivity contribution in [2.45, 2.75) is 32.4 Å². The highest BCUT2D eigenvalue weighted by molar-refractivity contribution is 6.10. The monoisotopic (exact) mass is 418 g/mol. The summed E-state index contributed by atoms with van der Waals surface area (Å²) in [5.74, 6) is -0.0536. The van der Waals surface area contributed by atoms with Gasteiger partial charge in [0.25, 0.3) is 5.91 Å². The molecular formula is C29H26N2O. The van der Waals surface area contributed by atoms with Gasteiger partial charge in [0.1, 0.15) is 0 Å². The summed E-state index contributed by atoms with van der Waals surface area (Å²) in [6.07, 6.45) is 3.29. The van der Waals surface area contributed by atoms with Gasteiger partial charge in [0.05, 0.1) is 0 Å². The Hall–Kier alpha value is -3.43. The van der Waals surface area contributed by atoms with E-state index in [4.69, 9.17) is 0 Å². The predicted molar refractivity (Wildman–Crippen MR) is 130 cm³/mol. The molecule has 32 heavy (non-hydrogen) atoms. The number of aryl methyl sites for hydroxylation is 2. The molecule has 0 bridgehead atoms.